The van der Waals surface area contributed by atoms with Gasteiger partial charge < -0.3 is 20.3 Å². The van der Waals surface area contributed by atoms with Crippen molar-refractivity contribution >= 4 is 29.3 Å². The number of nitrogens with zero attached hydrogens (tertiary/aromatic N) is 3. The van der Waals surface area contributed by atoms with E-state index in [4.69, 9.17) is 4.74 Å². The summed E-state index contributed by atoms with van der Waals surface area (Å²) in [7, 11) is 0. The highest BCUT2D eigenvalue weighted by molar-refractivity contribution is 6.04. The molecule has 1 fully saturated rings. The van der Waals surface area contributed by atoms with Crippen LogP contribution in [0.15, 0.2) is 36.4 Å². The quantitative estimate of drug-likeness (QED) is 0.624. The average Bonchev–Trinajstić information content (AvgIpc) is 3.31. The summed E-state index contributed by atoms with van der Waals surface area (Å²) in [4.78, 5) is 38.9. The van der Waals surface area contributed by atoms with Crippen LogP contribution in [-0.2, 0) is 9.53 Å². The van der Waals surface area contributed by atoms with Crippen LogP contribution in [0.1, 0.15) is 47.5 Å². The molecule has 0 unspecified atom stereocenters. The van der Waals surface area contributed by atoms with Crippen LogP contribution in [0.5, 0.6) is 0 Å². The van der Waals surface area contributed by atoms with Crippen LogP contribution in [0.2, 0.25) is 0 Å². The van der Waals surface area contributed by atoms with Crippen LogP contribution >= 0.6 is 0 Å². The summed E-state index contributed by atoms with van der Waals surface area (Å²) in [5, 5.41) is 13.4. The third-order valence-electron chi connectivity index (χ3n) is 4.74. The average molecular weight is 425 g/mol. The van der Waals surface area contributed by atoms with Gasteiger partial charge in [0.15, 0.2) is 18.1 Å². The molecule has 2 N–H and O–H groups in total. The van der Waals surface area contributed by atoms with E-state index in [1.54, 1.807) is 30.3 Å². The highest BCUT2D eigenvalue weighted by atomic mass is 16.5. The fraction of sp³-hybridized carbons (Fsp3) is 0.409. The van der Waals surface area contributed by atoms with E-state index in [0.717, 1.165) is 31.7 Å². The van der Waals surface area contributed by atoms with Crippen LogP contribution in [0.4, 0.5) is 11.5 Å². The van der Waals surface area contributed by atoms with Crippen molar-refractivity contribution in [3.8, 4) is 0 Å². The number of aromatic nitrogens is 2. The Kier molecular flexibility index (Phi) is 7.53. The molecule has 0 saturated carbocycles. The summed E-state index contributed by atoms with van der Waals surface area (Å²) in [6, 6.07) is 9.92. The molecule has 164 valence electrons. The van der Waals surface area contributed by atoms with Gasteiger partial charge in [0.05, 0.1) is 11.3 Å². The van der Waals surface area contributed by atoms with Gasteiger partial charge in [-0.05, 0) is 43.0 Å². The number of hydrogen-bond donors (Lipinski definition) is 2. The first-order valence-corrected chi connectivity index (χ1v) is 10.4. The van der Waals surface area contributed by atoms with Crippen LogP contribution in [0.25, 0.3) is 0 Å². The molecule has 1 aromatic heterocycles. The Balaban J connectivity index is 1.53. The lowest BCUT2D eigenvalue weighted by Gasteiger charge is -2.15. The maximum absolute atomic E-state index is 12.4. The van der Waals surface area contributed by atoms with E-state index in [1.165, 1.54) is 6.07 Å². The molecule has 31 heavy (non-hydrogen) atoms. The van der Waals surface area contributed by atoms with Gasteiger partial charge in [-0.3, -0.25) is 9.59 Å². The molecule has 2 aromatic rings. The molecule has 1 aliphatic heterocycles. The zero-order chi connectivity index (χ0) is 22.2. The number of anilines is 2. The molecule has 1 aromatic carbocycles. The number of nitrogens with one attached hydrogen (secondary N) is 2. The highest BCUT2D eigenvalue weighted by Gasteiger charge is 2.18. The van der Waals surface area contributed by atoms with Gasteiger partial charge in [-0.15, -0.1) is 10.2 Å². The summed E-state index contributed by atoms with van der Waals surface area (Å²) in [5.41, 5.74) is 0.718. The van der Waals surface area contributed by atoms with Crippen molar-refractivity contribution < 1.29 is 19.1 Å². The fourth-order valence-electron chi connectivity index (χ4n) is 3.12. The van der Waals surface area contributed by atoms with Crippen molar-refractivity contribution in [1.29, 1.82) is 0 Å². The minimum atomic E-state index is -0.737. The number of benzene rings is 1. The third-order valence-corrected chi connectivity index (χ3v) is 4.74. The number of carbonyl (C=O) groups is 3. The second kappa shape index (κ2) is 10.5. The first-order valence-electron chi connectivity index (χ1n) is 10.4. The second-order valence-corrected chi connectivity index (χ2v) is 7.74. The number of amides is 2. The maximum Gasteiger partial charge on any atom is 0.359 e. The molecule has 3 rings (SSSR count). The van der Waals surface area contributed by atoms with Gasteiger partial charge in [0, 0.05) is 19.6 Å². The van der Waals surface area contributed by atoms with Crippen molar-refractivity contribution in [2.45, 2.75) is 26.7 Å². The van der Waals surface area contributed by atoms with Crippen molar-refractivity contribution in [1.82, 2.24) is 15.5 Å². The molecular formula is C22H27N5O4. The van der Waals surface area contributed by atoms with E-state index in [9.17, 15) is 14.4 Å². The van der Waals surface area contributed by atoms with Crippen molar-refractivity contribution in [2.75, 3.05) is 36.5 Å². The van der Waals surface area contributed by atoms with Crippen molar-refractivity contribution in [3.05, 3.63) is 47.7 Å². The molecular weight excluding hydrogens is 398 g/mol. The topological polar surface area (TPSA) is 114 Å². The zero-order valence-electron chi connectivity index (χ0n) is 17.8. The molecule has 2 heterocycles. The van der Waals surface area contributed by atoms with Gasteiger partial charge in [0.2, 0.25) is 0 Å². The van der Waals surface area contributed by atoms with E-state index in [2.05, 4.69) is 25.7 Å². The number of ether oxygens (including phenoxy) is 1. The minimum absolute atomic E-state index is 0.0317. The highest BCUT2D eigenvalue weighted by Crippen LogP contribution is 2.17. The number of esters is 1. The number of hydrogen-bond acceptors (Lipinski definition) is 7. The predicted octanol–water partition coefficient (Wildman–Crippen LogP) is 2.26. The lowest BCUT2D eigenvalue weighted by atomic mass is 10.1. The molecule has 0 bridgehead atoms. The number of rotatable bonds is 8. The summed E-state index contributed by atoms with van der Waals surface area (Å²) < 4.78 is 5.04. The molecule has 0 radical (unpaired) electrons. The smallest absolute Gasteiger partial charge is 0.359 e. The van der Waals surface area contributed by atoms with Gasteiger partial charge in [-0.1, -0.05) is 26.0 Å². The largest absolute Gasteiger partial charge is 0.451 e. The molecule has 2 amide bonds. The van der Waals surface area contributed by atoms with E-state index in [0.29, 0.717) is 23.7 Å². The minimum Gasteiger partial charge on any atom is -0.451 e. The van der Waals surface area contributed by atoms with E-state index >= 15 is 0 Å². The Hall–Kier alpha value is -3.49. The lowest BCUT2D eigenvalue weighted by molar-refractivity contribution is -0.119. The number of para-hydroxylation sites is 1. The van der Waals surface area contributed by atoms with Gasteiger partial charge in [0.1, 0.15) is 0 Å². The van der Waals surface area contributed by atoms with Gasteiger partial charge in [-0.25, -0.2) is 4.79 Å². The van der Waals surface area contributed by atoms with Gasteiger partial charge in [-0.2, -0.15) is 0 Å². The zero-order valence-corrected chi connectivity index (χ0v) is 17.8. The van der Waals surface area contributed by atoms with Crippen molar-refractivity contribution in [2.24, 2.45) is 5.92 Å². The number of carbonyl (C=O) groups excluding carboxylic acids is 3. The van der Waals surface area contributed by atoms with Gasteiger partial charge >= 0.3 is 5.97 Å². The summed E-state index contributed by atoms with van der Waals surface area (Å²) in [6.07, 6.45) is 2.23. The summed E-state index contributed by atoms with van der Waals surface area (Å²) in [6.45, 7) is 5.86. The normalized spacial score (nSPS) is 13.2. The first kappa shape index (κ1) is 22.2. The molecule has 1 aliphatic rings. The van der Waals surface area contributed by atoms with Crippen LogP contribution in [0.3, 0.4) is 0 Å². The van der Waals surface area contributed by atoms with E-state index in [1.807, 2.05) is 13.8 Å². The first-order chi connectivity index (χ1) is 14.9. The molecule has 9 heteroatoms. The van der Waals surface area contributed by atoms with Gasteiger partial charge in [0.25, 0.3) is 11.8 Å². The van der Waals surface area contributed by atoms with Crippen LogP contribution in [-0.4, -0.2) is 54.2 Å². The standard InChI is InChI=1S/C22H27N5O4/c1-15(2)13-23-21(29)16-7-3-4-8-17(16)24-20(28)14-31-22(30)18-9-10-19(26-25-18)27-11-5-6-12-27/h3-4,7-10,15H,5-6,11-14H2,1-2H3,(H,23,29)(H,24,28). The second-order valence-electron chi connectivity index (χ2n) is 7.74. The Morgan fingerprint density at radius 3 is 2.48 bits per heavy atom. The molecule has 0 spiro atoms. The summed E-state index contributed by atoms with van der Waals surface area (Å²) >= 11 is 0. The fourth-order valence-corrected chi connectivity index (χ4v) is 3.12. The van der Waals surface area contributed by atoms with Crippen LogP contribution < -0.4 is 15.5 Å². The monoisotopic (exact) mass is 425 g/mol. The Bertz CT molecular complexity index is 924. The maximum atomic E-state index is 12.4. The summed E-state index contributed by atoms with van der Waals surface area (Å²) in [5.74, 6) is -0.551. The molecule has 9 nitrogen and oxygen atoms in total. The third kappa shape index (κ3) is 6.24. The van der Waals surface area contributed by atoms with E-state index in [-0.39, 0.29) is 11.6 Å². The molecule has 1 saturated heterocycles. The van der Waals surface area contributed by atoms with Crippen LogP contribution in [0, 0.1) is 5.92 Å². The van der Waals surface area contributed by atoms with E-state index < -0.39 is 18.5 Å². The lowest BCUT2D eigenvalue weighted by Crippen LogP contribution is -2.29. The molecule has 0 atom stereocenters. The predicted molar refractivity (Wildman–Crippen MR) is 116 cm³/mol. The SMILES string of the molecule is CC(C)CNC(=O)c1ccccc1NC(=O)COC(=O)c1ccc(N2CCCC2)nn1. The Morgan fingerprint density at radius 2 is 1.81 bits per heavy atom. The Morgan fingerprint density at radius 1 is 1.06 bits per heavy atom. The van der Waals surface area contributed by atoms with Crippen molar-refractivity contribution in [3.63, 3.8) is 0 Å². The molecule has 0 aliphatic carbocycles. The Labute approximate surface area is 181 Å².